The quantitative estimate of drug-likeness (QED) is 0.643. The Morgan fingerprint density at radius 3 is 2.95 bits per heavy atom. The lowest BCUT2D eigenvalue weighted by Crippen LogP contribution is -2.35. The van der Waals surface area contributed by atoms with Gasteiger partial charge in [-0.25, -0.2) is 0 Å². The maximum atomic E-state index is 12.3. The van der Waals surface area contributed by atoms with Gasteiger partial charge in [-0.05, 0) is 25.2 Å². The van der Waals surface area contributed by atoms with Gasteiger partial charge in [0.15, 0.2) is 0 Å². The van der Waals surface area contributed by atoms with E-state index in [1.54, 1.807) is 17.8 Å². The minimum absolute atomic E-state index is 0.0692. The number of nitro groups is 1. The van der Waals surface area contributed by atoms with E-state index >= 15 is 0 Å². The molecular formula is C13H17N3O3S. The monoisotopic (exact) mass is 295 g/mol. The van der Waals surface area contributed by atoms with E-state index in [1.807, 2.05) is 6.92 Å². The van der Waals surface area contributed by atoms with Crippen LogP contribution in [0.5, 0.6) is 0 Å². The van der Waals surface area contributed by atoms with Crippen LogP contribution in [-0.4, -0.2) is 34.9 Å². The van der Waals surface area contributed by atoms with Gasteiger partial charge in [0.1, 0.15) is 5.69 Å². The van der Waals surface area contributed by atoms with Gasteiger partial charge in [0, 0.05) is 24.4 Å². The number of carbonyl (C=O) groups is 1. The summed E-state index contributed by atoms with van der Waals surface area (Å²) in [6.07, 6.45) is 0.946. The standard InChI is InChI=1S/C13H17N3O3S/c1-2-14-12-10(4-3-5-11(12)16(18)19)13(17)15-9-6-7-20-8-9/h3-5,9,14H,2,6-8H2,1H3,(H,15,17). The summed E-state index contributed by atoms with van der Waals surface area (Å²) >= 11 is 1.80. The second-order valence-electron chi connectivity index (χ2n) is 4.52. The highest BCUT2D eigenvalue weighted by Gasteiger charge is 2.24. The summed E-state index contributed by atoms with van der Waals surface area (Å²) in [4.78, 5) is 22.9. The average molecular weight is 295 g/mol. The fourth-order valence-corrected chi connectivity index (χ4v) is 3.31. The summed E-state index contributed by atoms with van der Waals surface area (Å²) in [6, 6.07) is 4.71. The zero-order valence-electron chi connectivity index (χ0n) is 11.2. The molecule has 1 aromatic carbocycles. The van der Waals surface area contributed by atoms with E-state index in [4.69, 9.17) is 0 Å². The number of nitro benzene ring substituents is 1. The molecule has 2 rings (SSSR count). The lowest BCUT2D eigenvalue weighted by atomic mass is 10.1. The van der Waals surface area contributed by atoms with Gasteiger partial charge in [0.05, 0.1) is 10.5 Å². The van der Waals surface area contributed by atoms with Crippen LogP contribution in [0.4, 0.5) is 11.4 Å². The fraction of sp³-hybridized carbons (Fsp3) is 0.462. The van der Waals surface area contributed by atoms with Crippen LogP contribution < -0.4 is 10.6 Å². The van der Waals surface area contributed by atoms with Gasteiger partial charge in [-0.2, -0.15) is 11.8 Å². The molecule has 0 aliphatic carbocycles. The van der Waals surface area contributed by atoms with Crippen LogP contribution >= 0.6 is 11.8 Å². The Morgan fingerprint density at radius 1 is 1.55 bits per heavy atom. The van der Waals surface area contributed by atoms with E-state index in [-0.39, 0.29) is 17.6 Å². The largest absolute Gasteiger partial charge is 0.379 e. The van der Waals surface area contributed by atoms with Crippen molar-refractivity contribution in [2.75, 3.05) is 23.4 Å². The van der Waals surface area contributed by atoms with Gasteiger partial charge < -0.3 is 10.6 Å². The third kappa shape index (κ3) is 3.22. The molecule has 1 aromatic rings. The van der Waals surface area contributed by atoms with Crippen molar-refractivity contribution in [2.45, 2.75) is 19.4 Å². The van der Waals surface area contributed by atoms with Crippen molar-refractivity contribution in [1.82, 2.24) is 5.32 Å². The van der Waals surface area contributed by atoms with E-state index in [0.29, 0.717) is 17.8 Å². The number of benzene rings is 1. The molecule has 1 amide bonds. The summed E-state index contributed by atoms with van der Waals surface area (Å²) in [5.74, 6) is 1.69. The van der Waals surface area contributed by atoms with Gasteiger partial charge in [-0.1, -0.05) is 6.07 Å². The summed E-state index contributed by atoms with van der Waals surface area (Å²) in [6.45, 7) is 2.36. The number of anilines is 1. The first-order valence-electron chi connectivity index (χ1n) is 6.53. The zero-order chi connectivity index (χ0) is 14.5. The molecule has 1 fully saturated rings. The first kappa shape index (κ1) is 14.6. The number of carbonyl (C=O) groups excluding carboxylic acids is 1. The highest BCUT2D eigenvalue weighted by atomic mass is 32.2. The van der Waals surface area contributed by atoms with Crippen LogP contribution in [0.25, 0.3) is 0 Å². The zero-order valence-corrected chi connectivity index (χ0v) is 12.0. The average Bonchev–Trinajstić information content (AvgIpc) is 2.91. The maximum absolute atomic E-state index is 12.3. The van der Waals surface area contributed by atoms with Crippen LogP contribution in [0.2, 0.25) is 0 Å². The summed E-state index contributed by atoms with van der Waals surface area (Å²) in [7, 11) is 0. The number of amides is 1. The van der Waals surface area contributed by atoms with Crippen molar-refractivity contribution in [3.8, 4) is 0 Å². The first-order chi connectivity index (χ1) is 9.63. The third-order valence-corrected chi connectivity index (χ3v) is 4.26. The molecule has 7 heteroatoms. The van der Waals surface area contributed by atoms with E-state index in [2.05, 4.69) is 10.6 Å². The lowest BCUT2D eigenvalue weighted by molar-refractivity contribution is -0.384. The van der Waals surface area contributed by atoms with Crippen molar-refractivity contribution >= 4 is 29.0 Å². The Morgan fingerprint density at radius 2 is 2.35 bits per heavy atom. The Kier molecular flexibility index (Phi) is 4.84. The van der Waals surface area contributed by atoms with Crippen LogP contribution in [0, 0.1) is 10.1 Å². The van der Waals surface area contributed by atoms with Crippen molar-refractivity contribution < 1.29 is 9.72 Å². The third-order valence-electron chi connectivity index (χ3n) is 3.10. The van der Waals surface area contributed by atoms with Crippen molar-refractivity contribution in [3.63, 3.8) is 0 Å². The number of rotatable bonds is 5. The molecule has 1 atom stereocenters. The van der Waals surface area contributed by atoms with E-state index in [9.17, 15) is 14.9 Å². The predicted molar refractivity (Wildman–Crippen MR) is 80.5 cm³/mol. The Labute approximate surface area is 121 Å². The Bertz CT molecular complexity index is 516. The van der Waals surface area contributed by atoms with Crippen molar-refractivity contribution in [1.29, 1.82) is 0 Å². The fourth-order valence-electron chi connectivity index (χ4n) is 2.16. The molecule has 2 N–H and O–H groups in total. The Balaban J connectivity index is 2.26. The van der Waals surface area contributed by atoms with Gasteiger partial charge >= 0.3 is 0 Å². The molecule has 0 bridgehead atoms. The van der Waals surface area contributed by atoms with Gasteiger partial charge in [-0.3, -0.25) is 14.9 Å². The lowest BCUT2D eigenvalue weighted by Gasteiger charge is -2.14. The molecule has 0 radical (unpaired) electrons. The number of hydrogen-bond acceptors (Lipinski definition) is 5. The topological polar surface area (TPSA) is 84.3 Å². The second kappa shape index (κ2) is 6.60. The van der Waals surface area contributed by atoms with Crippen LogP contribution in [0.3, 0.4) is 0 Å². The number of nitrogens with zero attached hydrogens (tertiary/aromatic N) is 1. The number of nitrogens with one attached hydrogen (secondary N) is 2. The minimum atomic E-state index is -0.472. The molecule has 1 saturated heterocycles. The molecule has 0 saturated carbocycles. The summed E-state index contributed by atoms with van der Waals surface area (Å²) in [5.41, 5.74) is 0.557. The van der Waals surface area contributed by atoms with E-state index in [0.717, 1.165) is 17.9 Å². The number of para-hydroxylation sites is 1. The van der Waals surface area contributed by atoms with Gasteiger partial charge in [-0.15, -0.1) is 0 Å². The molecule has 1 aliphatic rings. The van der Waals surface area contributed by atoms with Crippen molar-refractivity contribution in [3.05, 3.63) is 33.9 Å². The summed E-state index contributed by atoms with van der Waals surface area (Å²) < 4.78 is 0. The molecule has 108 valence electrons. The molecule has 6 nitrogen and oxygen atoms in total. The van der Waals surface area contributed by atoms with E-state index in [1.165, 1.54) is 12.1 Å². The normalized spacial score (nSPS) is 17.8. The molecule has 1 unspecified atom stereocenters. The molecule has 0 spiro atoms. The Hall–Kier alpha value is -1.76. The summed E-state index contributed by atoms with van der Waals surface area (Å²) in [5, 5.41) is 16.9. The predicted octanol–water partition coefficient (Wildman–Crippen LogP) is 2.26. The number of hydrogen-bond donors (Lipinski definition) is 2. The molecule has 1 heterocycles. The molecule has 20 heavy (non-hydrogen) atoms. The highest BCUT2D eigenvalue weighted by molar-refractivity contribution is 7.99. The SMILES string of the molecule is CCNc1c(C(=O)NC2CCSC2)cccc1[N+](=O)[O-]. The van der Waals surface area contributed by atoms with Crippen LogP contribution in [0.1, 0.15) is 23.7 Å². The molecule has 1 aliphatic heterocycles. The van der Waals surface area contributed by atoms with Crippen molar-refractivity contribution in [2.24, 2.45) is 0 Å². The second-order valence-corrected chi connectivity index (χ2v) is 5.67. The van der Waals surface area contributed by atoms with Gasteiger partial charge in [0.2, 0.25) is 0 Å². The maximum Gasteiger partial charge on any atom is 0.293 e. The number of thioether (sulfide) groups is 1. The smallest absolute Gasteiger partial charge is 0.293 e. The highest BCUT2D eigenvalue weighted by Crippen LogP contribution is 2.28. The first-order valence-corrected chi connectivity index (χ1v) is 7.68. The van der Waals surface area contributed by atoms with E-state index < -0.39 is 4.92 Å². The van der Waals surface area contributed by atoms with Crippen LogP contribution in [0.15, 0.2) is 18.2 Å². The van der Waals surface area contributed by atoms with Gasteiger partial charge in [0.25, 0.3) is 11.6 Å². The molecular weight excluding hydrogens is 278 g/mol. The van der Waals surface area contributed by atoms with Crippen LogP contribution in [-0.2, 0) is 0 Å². The molecule has 0 aromatic heterocycles. The minimum Gasteiger partial charge on any atom is -0.379 e.